The predicted octanol–water partition coefficient (Wildman–Crippen LogP) is -1.82. The molecule has 4 nitrogen and oxygen atoms in total. The Morgan fingerprint density at radius 2 is 0.833 bits per heavy atom. The van der Waals surface area contributed by atoms with Crippen molar-refractivity contribution in [3.05, 3.63) is 59.7 Å². The van der Waals surface area contributed by atoms with Gasteiger partial charge in [-0.2, -0.15) is 0 Å². The summed E-state index contributed by atoms with van der Waals surface area (Å²) in [4.78, 5) is 0. The van der Waals surface area contributed by atoms with Crippen LogP contribution < -0.4 is 42.9 Å². The van der Waals surface area contributed by atoms with Crippen molar-refractivity contribution >= 4 is 11.4 Å². The molecule has 0 amide bonds. The molecule has 0 radical (unpaired) electrons. The first kappa shape index (κ1) is 29.2. The van der Waals surface area contributed by atoms with E-state index in [-0.39, 0.29) is 34.0 Å². The smallest absolute Gasteiger partial charge is 0.132 e. The molecule has 0 aromatic heterocycles. The monoisotopic (exact) mass is 544 g/mol. The fourth-order valence-electron chi connectivity index (χ4n) is 3.06. The summed E-state index contributed by atoms with van der Waals surface area (Å²) in [6, 6.07) is 17.5. The number of ether oxygens (including phenoxy) is 2. The van der Waals surface area contributed by atoms with Gasteiger partial charge in [0.1, 0.15) is 24.5 Å². The zero-order valence-corrected chi connectivity index (χ0v) is 22.5. The van der Waals surface area contributed by atoms with Crippen LogP contribution in [0, 0.1) is 13.8 Å². The maximum atomic E-state index is 5.80. The van der Waals surface area contributed by atoms with E-state index in [4.69, 9.17) is 9.47 Å². The Kier molecular flexibility index (Phi) is 13.3. The van der Waals surface area contributed by atoms with Crippen LogP contribution in [-0.2, 0) is 9.47 Å². The lowest BCUT2D eigenvalue weighted by Crippen LogP contribution is -3.00. The summed E-state index contributed by atoms with van der Waals surface area (Å²) in [5.74, 6) is 0. The van der Waals surface area contributed by atoms with Crippen molar-refractivity contribution in [1.82, 2.24) is 8.97 Å². The van der Waals surface area contributed by atoms with Crippen LogP contribution in [0.5, 0.6) is 0 Å². The van der Waals surface area contributed by atoms with E-state index >= 15 is 0 Å². The molecule has 170 valence electrons. The summed E-state index contributed by atoms with van der Waals surface area (Å²) in [5, 5.41) is 0. The average molecular weight is 546 g/mol. The van der Waals surface area contributed by atoms with E-state index in [1.807, 2.05) is 0 Å². The number of halogens is 2. The number of hydrogen-bond donors (Lipinski definition) is 0. The number of hydrogen-bond acceptors (Lipinski definition) is 2. The molecule has 2 aromatic rings. The van der Waals surface area contributed by atoms with E-state index in [0.717, 1.165) is 35.3 Å². The first-order valence-electron chi connectivity index (χ1n) is 10.2. The largest absolute Gasteiger partial charge is 1.00 e. The van der Waals surface area contributed by atoms with E-state index in [9.17, 15) is 0 Å². The number of rotatable bonds is 11. The van der Waals surface area contributed by atoms with Gasteiger partial charge in [0.05, 0.1) is 54.6 Å². The summed E-state index contributed by atoms with van der Waals surface area (Å²) >= 11 is 0. The zero-order chi connectivity index (χ0) is 20.6. The lowest BCUT2D eigenvalue weighted by Gasteiger charge is -2.29. The molecule has 0 saturated carbocycles. The second-order valence-corrected chi connectivity index (χ2v) is 8.71. The third kappa shape index (κ3) is 9.58. The Labute approximate surface area is 204 Å². The van der Waals surface area contributed by atoms with Crippen LogP contribution in [0.3, 0.4) is 0 Å². The van der Waals surface area contributed by atoms with Crippen molar-refractivity contribution in [2.24, 2.45) is 0 Å². The summed E-state index contributed by atoms with van der Waals surface area (Å²) < 4.78 is 13.2. The van der Waals surface area contributed by atoms with Crippen molar-refractivity contribution < 1.29 is 43.4 Å². The summed E-state index contributed by atoms with van der Waals surface area (Å²) in [7, 11) is 8.87. The van der Waals surface area contributed by atoms with Gasteiger partial charge in [-0.3, -0.25) is 8.97 Å². The van der Waals surface area contributed by atoms with Crippen molar-refractivity contribution in [3.8, 4) is 0 Å². The number of benzene rings is 2. The third-order valence-electron chi connectivity index (χ3n) is 5.43. The lowest BCUT2D eigenvalue weighted by molar-refractivity contribution is -0.00100. The molecule has 6 heteroatoms. The number of aryl methyl sites for hydroxylation is 2. The first-order chi connectivity index (χ1) is 13.2. The molecule has 0 aliphatic carbocycles. The molecular formula is C24H38Br2N2O2. The Bertz CT molecular complexity index is 653. The SMILES string of the molecule is Cc1ccc([N+](C)(C)CCOCCOCC[N+](C)(C)c2ccc(C)cc2)cc1.[Br-].[Br-]. The second kappa shape index (κ2) is 13.6. The average Bonchev–Trinajstić information content (AvgIpc) is 2.64. The topological polar surface area (TPSA) is 18.5 Å². The summed E-state index contributed by atoms with van der Waals surface area (Å²) in [6.45, 7) is 8.88. The molecule has 0 spiro atoms. The molecule has 2 aromatic carbocycles. The van der Waals surface area contributed by atoms with Crippen LogP contribution in [0.4, 0.5) is 11.4 Å². The van der Waals surface area contributed by atoms with E-state index in [1.54, 1.807) is 0 Å². The highest BCUT2D eigenvalue weighted by molar-refractivity contribution is 5.43. The van der Waals surface area contributed by atoms with Gasteiger partial charge >= 0.3 is 0 Å². The maximum Gasteiger partial charge on any atom is 0.132 e. The Hall–Kier alpha value is -0.760. The van der Waals surface area contributed by atoms with Gasteiger partial charge in [0.2, 0.25) is 0 Å². The minimum atomic E-state index is 0. The molecule has 0 N–H and O–H groups in total. The van der Waals surface area contributed by atoms with Gasteiger partial charge < -0.3 is 43.4 Å². The van der Waals surface area contributed by atoms with Crippen LogP contribution in [0.2, 0.25) is 0 Å². The standard InChI is InChI=1S/C24H38N2O2.2BrH/c1-21-7-11-23(12-8-21)25(3,4)15-17-27-19-20-28-18-16-26(5,6)24-13-9-22(2)10-14-24;;/h7-14H,15-20H2,1-6H3;2*1H/q+2;;/p-2. The molecule has 0 unspecified atom stereocenters. The minimum Gasteiger partial charge on any atom is -1.00 e. The van der Waals surface area contributed by atoms with Crippen LogP contribution in [0.25, 0.3) is 0 Å². The molecule has 30 heavy (non-hydrogen) atoms. The predicted molar refractivity (Wildman–Crippen MR) is 121 cm³/mol. The zero-order valence-electron chi connectivity index (χ0n) is 19.3. The number of quaternary nitrogens is 2. The van der Waals surface area contributed by atoms with E-state index in [1.165, 1.54) is 22.5 Å². The molecule has 0 aliphatic rings. The molecule has 0 aliphatic heterocycles. The highest BCUT2D eigenvalue weighted by Crippen LogP contribution is 2.20. The van der Waals surface area contributed by atoms with Gasteiger partial charge in [-0.15, -0.1) is 0 Å². The quantitative estimate of drug-likeness (QED) is 0.244. The molecule has 2 rings (SSSR count). The molecule has 0 atom stereocenters. The van der Waals surface area contributed by atoms with Crippen molar-refractivity contribution in [1.29, 1.82) is 0 Å². The molecular weight excluding hydrogens is 508 g/mol. The third-order valence-corrected chi connectivity index (χ3v) is 5.43. The minimum absolute atomic E-state index is 0. The lowest BCUT2D eigenvalue weighted by atomic mass is 10.2. The highest BCUT2D eigenvalue weighted by Gasteiger charge is 2.19. The van der Waals surface area contributed by atoms with Crippen LogP contribution >= 0.6 is 0 Å². The van der Waals surface area contributed by atoms with E-state index in [2.05, 4.69) is 90.6 Å². The van der Waals surface area contributed by atoms with Gasteiger partial charge in [-0.25, -0.2) is 0 Å². The van der Waals surface area contributed by atoms with Gasteiger partial charge in [0.15, 0.2) is 0 Å². The Morgan fingerprint density at radius 1 is 0.533 bits per heavy atom. The van der Waals surface area contributed by atoms with Crippen molar-refractivity contribution in [2.45, 2.75) is 13.8 Å². The van der Waals surface area contributed by atoms with Gasteiger partial charge in [-0.1, -0.05) is 35.4 Å². The number of nitrogens with zero attached hydrogens (tertiary/aromatic N) is 2. The molecule has 0 bridgehead atoms. The van der Waals surface area contributed by atoms with Crippen LogP contribution in [-0.4, -0.2) is 67.7 Å². The fraction of sp³-hybridized carbons (Fsp3) is 0.500. The van der Waals surface area contributed by atoms with E-state index in [0.29, 0.717) is 13.2 Å². The number of likely N-dealkylation sites (N-methyl/N-ethyl adjacent to an activating group) is 2. The second-order valence-electron chi connectivity index (χ2n) is 8.71. The summed E-state index contributed by atoms with van der Waals surface area (Å²) in [6.07, 6.45) is 0. The van der Waals surface area contributed by atoms with Crippen LogP contribution in [0.15, 0.2) is 48.5 Å². The highest BCUT2D eigenvalue weighted by atomic mass is 79.9. The molecule has 0 heterocycles. The normalized spacial score (nSPS) is 11.5. The van der Waals surface area contributed by atoms with Gasteiger partial charge in [-0.05, 0) is 38.1 Å². The van der Waals surface area contributed by atoms with Gasteiger partial charge in [0.25, 0.3) is 0 Å². The fourth-order valence-corrected chi connectivity index (χ4v) is 3.06. The van der Waals surface area contributed by atoms with Crippen LogP contribution in [0.1, 0.15) is 11.1 Å². The first-order valence-corrected chi connectivity index (χ1v) is 10.2. The van der Waals surface area contributed by atoms with Gasteiger partial charge in [0, 0.05) is 0 Å². The summed E-state index contributed by atoms with van der Waals surface area (Å²) in [5.41, 5.74) is 5.20. The Balaban J connectivity index is 0.00000420. The maximum absolute atomic E-state index is 5.80. The van der Waals surface area contributed by atoms with Crippen molar-refractivity contribution in [2.75, 3.05) is 67.7 Å². The van der Waals surface area contributed by atoms with E-state index < -0.39 is 0 Å². The van der Waals surface area contributed by atoms with Crippen molar-refractivity contribution in [3.63, 3.8) is 0 Å². The molecule has 0 saturated heterocycles. The molecule has 0 fully saturated rings. The Morgan fingerprint density at radius 3 is 1.13 bits per heavy atom.